The minimum absolute atomic E-state index is 0.0385. The van der Waals surface area contributed by atoms with E-state index < -0.39 is 123 Å². The van der Waals surface area contributed by atoms with Crippen LogP contribution in [0.2, 0.25) is 0 Å². The molecule has 3 heterocycles. The summed E-state index contributed by atoms with van der Waals surface area (Å²) in [6.07, 6.45) is -29.8. The van der Waals surface area contributed by atoms with Crippen molar-refractivity contribution >= 4 is 11.9 Å². The number of hydrogen-bond acceptors (Lipinski definition) is 18. The van der Waals surface area contributed by atoms with Crippen molar-refractivity contribution in [3.8, 4) is 0 Å². The molecule has 1 amide bonds. The molecule has 20 heteroatoms. The summed E-state index contributed by atoms with van der Waals surface area (Å²) in [6, 6.07) is 0. The summed E-state index contributed by atoms with van der Waals surface area (Å²) < 4.78 is 21.4. The number of carboxylic acids is 1. The van der Waals surface area contributed by atoms with Crippen molar-refractivity contribution in [3.63, 3.8) is 0 Å². The zero-order chi connectivity index (χ0) is 34.5. The number of aliphatic hydroxyl groups is 12. The van der Waals surface area contributed by atoms with E-state index in [2.05, 4.69) is 5.32 Å². The zero-order valence-corrected chi connectivity index (χ0v) is 24.6. The quantitative estimate of drug-likeness (QED) is 0.0600. The summed E-state index contributed by atoms with van der Waals surface area (Å²) in [4.78, 5) is 22.9. The number of hydrogen-bond donors (Lipinski definition) is 14. The van der Waals surface area contributed by atoms with Crippen LogP contribution in [0.25, 0.3) is 0 Å². The minimum atomic E-state index is -3.05. The van der Waals surface area contributed by atoms with E-state index in [1.165, 1.54) is 0 Å². The number of nitrogens with one attached hydrogen (secondary N) is 1. The highest BCUT2D eigenvalue weighted by molar-refractivity contribution is 5.75. The van der Waals surface area contributed by atoms with Crippen LogP contribution in [0.5, 0.6) is 0 Å². The van der Waals surface area contributed by atoms with E-state index in [1.54, 1.807) is 0 Å². The average molecular weight is 676 g/mol. The van der Waals surface area contributed by atoms with Crippen LogP contribution in [0.3, 0.4) is 0 Å². The molecule has 3 aliphatic heterocycles. The summed E-state index contributed by atoms with van der Waals surface area (Å²) in [5.41, 5.74) is -3.05. The van der Waals surface area contributed by atoms with Crippen molar-refractivity contribution in [2.75, 3.05) is 19.8 Å². The second-order valence-electron chi connectivity index (χ2n) is 11.6. The Balaban J connectivity index is 1.83. The fourth-order valence-corrected chi connectivity index (χ4v) is 5.75. The lowest BCUT2D eigenvalue weighted by atomic mass is 9.72. The third-order valence-electron chi connectivity index (χ3n) is 8.49. The number of carboxylic acid groups (broad SMARTS) is 1. The molecule has 3 rings (SSSR count). The van der Waals surface area contributed by atoms with Crippen molar-refractivity contribution < 1.29 is 94.9 Å². The van der Waals surface area contributed by atoms with Crippen LogP contribution in [0, 0.1) is 0 Å². The van der Waals surface area contributed by atoms with Gasteiger partial charge in [-0.1, -0.05) is 0 Å². The van der Waals surface area contributed by atoms with Crippen molar-refractivity contribution in [2.45, 2.75) is 130 Å². The standard InChI is InChI=1S/C26H45NO19/c28-7-10-14(33)16(35)18(37)23(44-10)26(42)21(39)9(5-6-27-12(30)3-1-2-4-13(31)32)43-20(22(26)40)24(41)46-25-19(38)17(36)15(34)11(8-29)45-25/h9-11,14-25,28-29,33-42H,1-8H2,(H,27,30)(H,31,32)/t9-,10-,11-,14-,15-,16+,17+,18+,19+,20+,21-,22-,23+,24?,25-,26-/m1/s1. The first-order valence-corrected chi connectivity index (χ1v) is 14.8. The highest BCUT2D eigenvalue weighted by atomic mass is 16.8. The topological polar surface area (TPSA) is 346 Å². The molecule has 0 radical (unpaired) electrons. The van der Waals surface area contributed by atoms with Crippen molar-refractivity contribution in [1.29, 1.82) is 0 Å². The molecule has 0 aromatic heterocycles. The third-order valence-corrected chi connectivity index (χ3v) is 8.49. The number of ether oxygens (including phenoxy) is 4. The Kier molecular flexibility index (Phi) is 14.0. The first-order valence-electron chi connectivity index (χ1n) is 14.8. The highest BCUT2D eigenvalue weighted by Crippen LogP contribution is 2.41. The Morgan fingerprint density at radius 2 is 1.30 bits per heavy atom. The maximum atomic E-state index is 12.2. The van der Waals surface area contributed by atoms with E-state index in [9.17, 15) is 70.9 Å². The Morgan fingerprint density at radius 3 is 1.89 bits per heavy atom. The van der Waals surface area contributed by atoms with Gasteiger partial charge in [0.2, 0.25) is 5.91 Å². The molecule has 0 aliphatic carbocycles. The summed E-state index contributed by atoms with van der Waals surface area (Å²) >= 11 is 0. The van der Waals surface area contributed by atoms with Crippen molar-refractivity contribution in [3.05, 3.63) is 0 Å². The van der Waals surface area contributed by atoms with E-state index >= 15 is 0 Å². The number of aliphatic carboxylic acids is 1. The van der Waals surface area contributed by atoms with Crippen molar-refractivity contribution in [2.24, 2.45) is 0 Å². The maximum absolute atomic E-state index is 12.2. The molecule has 0 aromatic rings. The molecule has 3 aliphatic rings. The Morgan fingerprint density at radius 1 is 0.739 bits per heavy atom. The first kappa shape index (κ1) is 38.7. The maximum Gasteiger partial charge on any atom is 0.303 e. The molecule has 0 aromatic carbocycles. The molecule has 3 fully saturated rings. The fourth-order valence-electron chi connectivity index (χ4n) is 5.75. The summed E-state index contributed by atoms with van der Waals surface area (Å²) in [5.74, 6) is -1.52. The van der Waals surface area contributed by atoms with Gasteiger partial charge in [0.1, 0.15) is 73.2 Å². The van der Waals surface area contributed by atoms with Gasteiger partial charge in [0.25, 0.3) is 0 Å². The molecule has 16 atom stereocenters. The fraction of sp³-hybridized carbons (Fsp3) is 0.923. The molecule has 20 nitrogen and oxygen atoms in total. The normalized spacial score (nSPS) is 44.0. The number of aliphatic hydroxyl groups excluding tert-OH is 11. The lowest BCUT2D eigenvalue weighted by Crippen LogP contribution is -2.78. The van der Waals surface area contributed by atoms with Gasteiger partial charge in [0.15, 0.2) is 18.2 Å². The van der Waals surface area contributed by atoms with Gasteiger partial charge in [-0.25, -0.2) is 0 Å². The lowest BCUT2D eigenvalue weighted by molar-refractivity contribution is -0.383. The van der Waals surface area contributed by atoms with Gasteiger partial charge in [-0.05, 0) is 19.3 Å². The lowest BCUT2D eigenvalue weighted by Gasteiger charge is -2.55. The summed E-state index contributed by atoms with van der Waals surface area (Å²) in [6.45, 7) is -2.02. The van der Waals surface area contributed by atoms with Crippen LogP contribution in [0.4, 0.5) is 0 Å². The highest BCUT2D eigenvalue weighted by Gasteiger charge is 2.65. The van der Waals surface area contributed by atoms with Gasteiger partial charge in [-0.15, -0.1) is 0 Å². The number of unbranched alkanes of at least 4 members (excludes halogenated alkanes) is 1. The predicted octanol–water partition coefficient (Wildman–Crippen LogP) is -7.66. The molecule has 268 valence electrons. The Labute approximate surface area is 261 Å². The first-order chi connectivity index (χ1) is 21.6. The Hall–Kier alpha value is -1.70. The van der Waals surface area contributed by atoms with Gasteiger partial charge in [0.05, 0.1) is 19.3 Å². The summed E-state index contributed by atoms with van der Waals surface area (Å²) in [7, 11) is 0. The monoisotopic (exact) mass is 675 g/mol. The molecule has 46 heavy (non-hydrogen) atoms. The van der Waals surface area contributed by atoms with E-state index in [0.717, 1.165) is 0 Å². The molecular formula is C26H45NO19. The van der Waals surface area contributed by atoms with E-state index in [0.29, 0.717) is 0 Å². The summed E-state index contributed by atoms with van der Waals surface area (Å²) in [5, 5.41) is 137. The van der Waals surface area contributed by atoms with Gasteiger partial charge < -0.3 is 90.6 Å². The second kappa shape index (κ2) is 16.6. The number of carbonyl (C=O) groups is 2. The van der Waals surface area contributed by atoms with Gasteiger partial charge in [-0.2, -0.15) is 0 Å². The largest absolute Gasteiger partial charge is 0.481 e. The molecule has 0 saturated carbocycles. The molecule has 3 saturated heterocycles. The van der Waals surface area contributed by atoms with Crippen molar-refractivity contribution in [1.82, 2.24) is 5.32 Å². The van der Waals surface area contributed by atoms with Gasteiger partial charge >= 0.3 is 5.97 Å². The smallest absolute Gasteiger partial charge is 0.303 e. The zero-order valence-electron chi connectivity index (χ0n) is 24.6. The predicted molar refractivity (Wildman–Crippen MR) is 144 cm³/mol. The third kappa shape index (κ3) is 8.29. The van der Waals surface area contributed by atoms with Crippen LogP contribution < -0.4 is 5.32 Å². The molecular weight excluding hydrogens is 630 g/mol. The van der Waals surface area contributed by atoms with Crippen LogP contribution >= 0.6 is 0 Å². The van der Waals surface area contributed by atoms with E-state index in [1.807, 2.05) is 0 Å². The Bertz CT molecular complexity index is 989. The number of carbonyl (C=O) groups excluding carboxylic acids is 1. The number of rotatable bonds is 14. The van der Waals surface area contributed by atoms with Crippen LogP contribution in [0.1, 0.15) is 32.1 Å². The van der Waals surface area contributed by atoms with Crippen LogP contribution in [0.15, 0.2) is 0 Å². The molecule has 14 N–H and O–H groups in total. The minimum Gasteiger partial charge on any atom is -0.481 e. The van der Waals surface area contributed by atoms with E-state index in [4.69, 9.17) is 24.1 Å². The molecule has 0 spiro atoms. The SMILES string of the molecule is O=C(O)CCCCC(=O)NCC[C@H]1O[C@H](C(O)O[C@H]2O[C@H](CO)[C@@H](O)[C@H](O)[C@@H]2O)[C@@H](O)[C@@](O)([C@H]2O[C@H](CO)[C@@H](O)[C@H](O)[C@@H]2O)[C@@H]1O. The number of amides is 1. The molecule has 0 bridgehead atoms. The second-order valence-corrected chi connectivity index (χ2v) is 11.6. The van der Waals surface area contributed by atoms with Gasteiger partial charge in [0, 0.05) is 19.4 Å². The van der Waals surface area contributed by atoms with Crippen LogP contribution in [-0.2, 0) is 28.5 Å². The average Bonchev–Trinajstić information content (AvgIpc) is 3.02. The van der Waals surface area contributed by atoms with E-state index in [-0.39, 0.29) is 38.6 Å². The van der Waals surface area contributed by atoms with Gasteiger partial charge in [-0.3, -0.25) is 9.59 Å². The van der Waals surface area contributed by atoms with Crippen LogP contribution in [-0.4, -0.2) is 196 Å². The molecule has 1 unspecified atom stereocenters.